The third-order valence-corrected chi connectivity index (χ3v) is 5.75. The Kier molecular flexibility index (Phi) is 4.70. The number of hydrogen-bond donors (Lipinski definition) is 3. The molecule has 2 amide bonds. The van der Waals surface area contributed by atoms with E-state index in [0.717, 1.165) is 23.1 Å². The molecule has 0 radical (unpaired) electrons. The van der Waals surface area contributed by atoms with E-state index < -0.39 is 39.5 Å². The van der Waals surface area contributed by atoms with E-state index in [2.05, 4.69) is 20.3 Å². The van der Waals surface area contributed by atoms with Gasteiger partial charge in [0.25, 0.3) is 5.91 Å². The lowest BCUT2D eigenvalue weighted by atomic mass is 10.0. The average Bonchev–Trinajstić information content (AvgIpc) is 3.03. The van der Waals surface area contributed by atoms with Crippen LogP contribution in [-0.4, -0.2) is 62.5 Å². The third kappa shape index (κ3) is 2.74. The number of nitrogens with one attached hydrogen (secondary N) is 1. The Hall–Kier alpha value is -2.48. The first kappa shape index (κ1) is 18.3. The number of carbonyl (C=O) groups excluding carboxylic acids is 2. The number of carbonyl (C=O) groups is 3. The maximum absolute atomic E-state index is 12.7. The van der Waals surface area contributed by atoms with Crippen LogP contribution >= 0.6 is 23.1 Å². The molecule has 1 fully saturated rings. The molecule has 0 saturated carbocycles. The number of hydrogen-bond acceptors (Lipinski definition) is 10. The number of anilines is 1. The van der Waals surface area contributed by atoms with Crippen molar-refractivity contribution in [2.45, 2.75) is 11.4 Å². The van der Waals surface area contributed by atoms with Gasteiger partial charge in [-0.15, -0.1) is 11.3 Å². The Morgan fingerprint density at radius 2 is 2.31 bits per heavy atom. The molecule has 26 heavy (non-hydrogen) atoms. The molecule has 1 saturated heterocycles. The molecular weight excluding hydrogens is 386 g/mol. The van der Waals surface area contributed by atoms with Crippen molar-refractivity contribution in [2.24, 2.45) is 5.16 Å². The van der Waals surface area contributed by atoms with Gasteiger partial charge in [0.15, 0.2) is 16.2 Å². The Bertz CT molecular complexity index is 852. The summed E-state index contributed by atoms with van der Waals surface area (Å²) in [5.74, 6) is -2.95. The number of nitrogen functional groups attached to an aromatic ring is 1. The normalized spacial score (nSPS) is 27.8. The molecule has 13 heteroatoms. The number of quaternary nitrogens is 1. The number of hydroxylamine groups is 3. The summed E-state index contributed by atoms with van der Waals surface area (Å²) in [7, 11) is 1.23. The highest BCUT2D eigenvalue weighted by Crippen LogP contribution is 2.44. The number of thiazole rings is 1. The summed E-state index contributed by atoms with van der Waals surface area (Å²) >= 11 is 2.18. The number of nitrogens with zero attached hydrogens (tertiary/aromatic N) is 3. The summed E-state index contributed by atoms with van der Waals surface area (Å²) in [4.78, 5) is 44.6. The summed E-state index contributed by atoms with van der Waals surface area (Å²) in [6.45, 7) is 0. The number of carboxylic acid groups (broad SMARTS) is 1. The van der Waals surface area contributed by atoms with Crippen LogP contribution in [0, 0.1) is 5.21 Å². The fourth-order valence-electron chi connectivity index (χ4n) is 2.66. The number of thioether (sulfide) groups is 1. The van der Waals surface area contributed by atoms with Gasteiger partial charge in [-0.05, 0) is 6.08 Å². The molecule has 3 rings (SSSR count). The lowest BCUT2D eigenvalue weighted by Crippen LogP contribution is -2.78. The van der Waals surface area contributed by atoms with E-state index in [-0.39, 0.29) is 22.3 Å². The second kappa shape index (κ2) is 6.68. The Morgan fingerprint density at radius 1 is 1.58 bits per heavy atom. The lowest BCUT2D eigenvalue weighted by molar-refractivity contribution is -0.804. The van der Waals surface area contributed by atoms with E-state index in [4.69, 9.17) is 10.8 Å². The number of aromatic nitrogens is 1. The van der Waals surface area contributed by atoms with Gasteiger partial charge in [-0.25, -0.2) is 19.2 Å². The molecular formula is C13H13N5O6S2. The molecule has 2 aliphatic rings. The van der Waals surface area contributed by atoms with Crippen LogP contribution in [0.1, 0.15) is 5.69 Å². The van der Waals surface area contributed by atoms with E-state index in [1.165, 1.54) is 18.6 Å². The summed E-state index contributed by atoms with van der Waals surface area (Å²) in [6, 6.07) is -1.15. The van der Waals surface area contributed by atoms with Gasteiger partial charge >= 0.3 is 11.9 Å². The quantitative estimate of drug-likeness (QED) is 0.193. The highest BCUT2D eigenvalue weighted by Gasteiger charge is 2.64. The van der Waals surface area contributed by atoms with Crippen molar-refractivity contribution in [1.29, 1.82) is 0 Å². The van der Waals surface area contributed by atoms with Crippen LogP contribution in [0.15, 0.2) is 22.3 Å². The number of carboxylic acids is 1. The predicted octanol–water partition coefficient (Wildman–Crippen LogP) is -0.543. The fraction of sp³-hybridized carbons (Fsp3) is 0.308. The number of oxime groups is 1. The maximum Gasteiger partial charge on any atom is 0.390 e. The van der Waals surface area contributed by atoms with Crippen molar-refractivity contribution in [3.8, 4) is 0 Å². The smallest absolute Gasteiger partial charge is 0.390 e. The minimum Gasteiger partial charge on any atom is -0.619 e. The van der Waals surface area contributed by atoms with Crippen LogP contribution in [0.5, 0.6) is 0 Å². The average molecular weight is 399 g/mol. The molecule has 11 nitrogen and oxygen atoms in total. The second-order valence-electron chi connectivity index (χ2n) is 5.26. The summed E-state index contributed by atoms with van der Waals surface area (Å²) in [5.41, 5.74) is 4.95. The number of aliphatic carboxylic acids is 1. The molecule has 3 atom stereocenters. The molecule has 0 bridgehead atoms. The SMILES string of the molecule is CO/N=C(\C(=O)N[C@@H]1C(=O)[N+]2([O-])C(C(=O)O)=CCS[C@H]12)c1csc(N)n1. The number of rotatable bonds is 5. The fourth-order valence-corrected chi connectivity index (χ4v) is 4.47. The van der Waals surface area contributed by atoms with Crippen LogP contribution in [0.4, 0.5) is 5.13 Å². The molecule has 3 heterocycles. The topological polar surface area (TPSA) is 167 Å². The van der Waals surface area contributed by atoms with Gasteiger partial charge in [-0.3, -0.25) is 4.79 Å². The van der Waals surface area contributed by atoms with Crippen molar-refractivity contribution in [2.75, 3.05) is 18.6 Å². The first-order valence-corrected chi connectivity index (χ1v) is 9.06. The number of β-lactam (4-membered cyclic amide) rings is 1. The van der Waals surface area contributed by atoms with Crippen LogP contribution in [0.25, 0.3) is 0 Å². The monoisotopic (exact) mass is 399 g/mol. The number of nitrogens with two attached hydrogens (primary N) is 1. The maximum atomic E-state index is 12.7. The summed E-state index contributed by atoms with van der Waals surface area (Å²) in [6.07, 6.45) is 1.21. The summed E-state index contributed by atoms with van der Waals surface area (Å²) < 4.78 is -1.61. The van der Waals surface area contributed by atoms with Gasteiger partial charge in [-0.2, -0.15) is 0 Å². The Labute approximate surface area is 154 Å². The van der Waals surface area contributed by atoms with Crippen LogP contribution < -0.4 is 11.1 Å². The zero-order valence-electron chi connectivity index (χ0n) is 13.2. The molecule has 0 spiro atoms. The van der Waals surface area contributed by atoms with Crippen LogP contribution in [0.3, 0.4) is 0 Å². The van der Waals surface area contributed by atoms with E-state index in [1.54, 1.807) is 0 Å². The van der Waals surface area contributed by atoms with Crippen LogP contribution in [-0.2, 0) is 19.2 Å². The van der Waals surface area contributed by atoms with Crippen molar-refractivity contribution < 1.29 is 29.0 Å². The highest BCUT2D eigenvalue weighted by molar-refractivity contribution is 8.00. The molecule has 2 aliphatic heterocycles. The molecule has 0 aliphatic carbocycles. The van der Waals surface area contributed by atoms with Crippen molar-refractivity contribution in [1.82, 2.24) is 10.3 Å². The lowest BCUT2D eigenvalue weighted by Gasteiger charge is -2.56. The molecule has 0 aromatic carbocycles. The van der Waals surface area contributed by atoms with Gasteiger partial charge < -0.3 is 26.2 Å². The van der Waals surface area contributed by atoms with Gasteiger partial charge in [0.1, 0.15) is 12.8 Å². The van der Waals surface area contributed by atoms with Gasteiger partial charge in [0, 0.05) is 11.1 Å². The molecule has 138 valence electrons. The third-order valence-electron chi connectivity index (χ3n) is 3.81. The molecule has 1 unspecified atom stereocenters. The van der Waals surface area contributed by atoms with Crippen molar-refractivity contribution >= 4 is 51.7 Å². The first-order valence-electron chi connectivity index (χ1n) is 7.13. The van der Waals surface area contributed by atoms with Crippen LogP contribution in [0.2, 0.25) is 0 Å². The number of amides is 2. The van der Waals surface area contributed by atoms with Gasteiger partial charge in [0.05, 0.1) is 0 Å². The van der Waals surface area contributed by atoms with E-state index in [1.807, 2.05) is 0 Å². The first-order chi connectivity index (χ1) is 12.3. The largest absolute Gasteiger partial charge is 0.619 e. The predicted molar refractivity (Wildman–Crippen MR) is 92.6 cm³/mol. The highest BCUT2D eigenvalue weighted by atomic mass is 32.2. The second-order valence-corrected chi connectivity index (χ2v) is 7.30. The Balaban J connectivity index is 1.81. The minimum atomic E-state index is -1.61. The number of fused-ring (bicyclic) bond motifs is 1. The molecule has 4 N–H and O–H groups in total. The van der Waals surface area contributed by atoms with Crippen molar-refractivity contribution in [3.05, 3.63) is 28.1 Å². The van der Waals surface area contributed by atoms with Crippen molar-refractivity contribution in [3.63, 3.8) is 0 Å². The summed E-state index contributed by atoms with van der Waals surface area (Å²) in [5, 5.41) is 28.6. The zero-order chi connectivity index (χ0) is 19.1. The van der Waals surface area contributed by atoms with E-state index in [9.17, 15) is 19.6 Å². The minimum absolute atomic E-state index is 0.156. The van der Waals surface area contributed by atoms with E-state index in [0.29, 0.717) is 0 Å². The van der Waals surface area contributed by atoms with Gasteiger partial charge in [0.2, 0.25) is 11.7 Å². The zero-order valence-corrected chi connectivity index (χ0v) is 14.9. The van der Waals surface area contributed by atoms with E-state index >= 15 is 0 Å². The molecule has 1 aromatic rings. The molecule has 1 aromatic heterocycles. The standard InChI is InChI=1S/C13H13N5O6S2/c1-24-17-7(5-4-26-13(14)15-5)9(19)16-8-10(20)18(23)6(12(21)22)2-3-25-11(8)18/h2,4,8,11H,3H2,1H3,(H2,14,15)(H,16,19)(H,21,22)/b17-7-/t8-,11-,18?/m1/s1. The Morgan fingerprint density at radius 3 is 2.88 bits per heavy atom. The van der Waals surface area contributed by atoms with Gasteiger partial charge in [-0.1, -0.05) is 16.9 Å².